The number of hydrogen-bond acceptors (Lipinski definition) is 2. The van der Waals surface area contributed by atoms with Crippen LogP contribution in [0.4, 0.5) is 4.39 Å². The van der Waals surface area contributed by atoms with Crippen LogP contribution in [0.3, 0.4) is 0 Å². The van der Waals surface area contributed by atoms with Crippen LogP contribution in [0.1, 0.15) is 5.69 Å². The highest BCUT2D eigenvalue weighted by Gasteiger charge is 2.13. The van der Waals surface area contributed by atoms with E-state index in [0.29, 0.717) is 16.3 Å². The van der Waals surface area contributed by atoms with Gasteiger partial charge in [-0.25, -0.2) is 9.37 Å². The predicted octanol–water partition coefficient (Wildman–Crippen LogP) is 4.34. The van der Waals surface area contributed by atoms with Crippen LogP contribution in [0.2, 0.25) is 15.1 Å². The van der Waals surface area contributed by atoms with E-state index in [-0.39, 0.29) is 15.7 Å². The van der Waals surface area contributed by atoms with Crippen LogP contribution in [0.25, 0.3) is 11.3 Å². The number of halogens is 4. The Hall–Kier alpha value is -0.870. The molecular weight excluding hydrogens is 299 g/mol. The summed E-state index contributed by atoms with van der Waals surface area (Å²) in [4.78, 5) is 3.98. The monoisotopic (exact) mass is 305 g/mol. The van der Waals surface area contributed by atoms with E-state index in [9.17, 15) is 4.39 Å². The van der Waals surface area contributed by atoms with Gasteiger partial charge < -0.3 is 5.11 Å². The van der Waals surface area contributed by atoms with Crippen LogP contribution in [0.5, 0.6) is 0 Å². The number of aliphatic hydroxyl groups is 1. The SMILES string of the molecule is OCc1nc(-c2ccc(Cl)c(Cl)c2Cl)ccc1F. The fourth-order valence-corrected chi connectivity index (χ4v) is 2.10. The zero-order valence-electron chi connectivity index (χ0n) is 8.92. The van der Waals surface area contributed by atoms with E-state index in [2.05, 4.69) is 4.98 Å². The second-order valence-corrected chi connectivity index (χ2v) is 4.67. The van der Waals surface area contributed by atoms with Gasteiger partial charge in [0.1, 0.15) is 11.5 Å². The van der Waals surface area contributed by atoms with Gasteiger partial charge in [-0.15, -0.1) is 0 Å². The Morgan fingerprint density at radius 2 is 1.78 bits per heavy atom. The summed E-state index contributed by atoms with van der Waals surface area (Å²) in [6.45, 7) is -0.487. The summed E-state index contributed by atoms with van der Waals surface area (Å²) in [6, 6.07) is 5.89. The van der Waals surface area contributed by atoms with Gasteiger partial charge >= 0.3 is 0 Å². The van der Waals surface area contributed by atoms with Crippen LogP contribution in [0, 0.1) is 5.82 Å². The molecule has 0 radical (unpaired) electrons. The summed E-state index contributed by atoms with van der Waals surface area (Å²) in [5.74, 6) is -0.572. The molecule has 0 saturated carbocycles. The standard InChI is InChI=1S/C12H7Cl3FNO/c13-7-2-1-6(11(14)12(7)15)9-4-3-8(16)10(5-18)17-9/h1-4,18H,5H2. The Morgan fingerprint density at radius 3 is 2.44 bits per heavy atom. The molecule has 0 amide bonds. The number of aliphatic hydroxyl groups excluding tert-OH is 1. The molecule has 0 aliphatic rings. The van der Waals surface area contributed by atoms with Gasteiger partial charge in [-0.1, -0.05) is 34.8 Å². The van der Waals surface area contributed by atoms with Crippen LogP contribution in [-0.2, 0) is 6.61 Å². The maximum atomic E-state index is 13.2. The predicted molar refractivity (Wildman–Crippen MR) is 70.6 cm³/mol. The lowest BCUT2D eigenvalue weighted by atomic mass is 10.1. The average Bonchev–Trinajstić information content (AvgIpc) is 2.37. The Labute approximate surface area is 118 Å². The summed E-state index contributed by atoms with van der Waals surface area (Å²) in [6.07, 6.45) is 0. The van der Waals surface area contributed by atoms with Crippen LogP contribution in [-0.4, -0.2) is 10.1 Å². The maximum Gasteiger partial charge on any atom is 0.147 e. The second-order valence-electron chi connectivity index (χ2n) is 3.51. The third-order valence-electron chi connectivity index (χ3n) is 2.38. The zero-order valence-corrected chi connectivity index (χ0v) is 11.2. The molecule has 2 rings (SSSR count). The fourth-order valence-electron chi connectivity index (χ4n) is 1.47. The molecule has 2 nitrogen and oxygen atoms in total. The number of nitrogens with zero attached hydrogens (tertiary/aromatic N) is 1. The smallest absolute Gasteiger partial charge is 0.147 e. The quantitative estimate of drug-likeness (QED) is 0.837. The normalized spacial score (nSPS) is 10.7. The van der Waals surface area contributed by atoms with Crippen molar-refractivity contribution in [2.45, 2.75) is 6.61 Å². The molecule has 0 fully saturated rings. The largest absolute Gasteiger partial charge is 0.390 e. The van der Waals surface area contributed by atoms with E-state index < -0.39 is 12.4 Å². The molecule has 0 aliphatic heterocycles. The first-order valence-corrected chi connectivity index (χ1v) is 6.08. The molecule has 0 bridgehead atoms. The molecule has 94 valence electrons. The minimum absolute atomic E-state index is 0.0466. The summed E-state index contributed by atoms with van der Waals surface area (Å²) in [7, 11) is 0. The van der Waals surface area contributed by atoms with E-state index >= 15 is 0 Å². The molecule has 18 heavy (non-hydrogen) atoms. The lowest BCUT2D eigenvalue weighted by Crippen LogP contribution is -1.97. The van der Waals surface area contributed by atoms with Crippen molar-refractivity contribution in [3.63, 3.8) is 0 Å². The lowest BCUT2D eigenvalue weighted by Gasteiger charge is -2.08. The highest BCUT2D eigenvalue weighted by molar-refractivity contribution is 6.49. The number of rotatable bonds is 2. The topological polar surface area (TPSA) is 33.1 Å². The van der Waals surface area contributed by atoms with E-state index in [1.54, 1.807) is 12.1 Å². The lowest BCUT2D eigenvalue weighted by molar-refractivity contribution is 0.270. The number of pyridine rings is 1. The van der Waals surface area contributed by atoms with Crippen molar-refractivity contribution in [2.75, 3.05) is 0 Å². The maximum absolute atomic E-state index is 13.2. The summed E-state index contributed by atoms with van der Waals surface area (Å²) in [5.41, 5.74) is 0.902. The molecule has 1 N–H and O–H groups in total. The fraction of sp³-hybridized carbons (Fsp3) is 0.0833. The van der Waals surface area contributed by atoms with Gasteiger partial charge in [-0.05, 0) is 24.3 Å². The minimum Gasteiger partial charge on any atom is -0.390 e. The molecular formula is C12H7Cl3FNO. The van der Waals surface area contributed by atoms with E-state index in [0.717, 1.165) is 0 Å². The number of benzene rings is 1. The zero-order chi connectivity index (χ0) is 13.3. The van der Waals surface area contributed by atoms with Crippen molar-refractivity contribution in [3.05, 3.63) is 50.8 Å². The minimum atomic E-state index is -0.572. The summed E-state index contributed by atoms with van der Waals surface area (Å²) < 4.78 is 13.2. The van der Waals surface area contributed by atoms with Gasteiger partial charge in [0, 0.05) is 5.56 Å². The Balaban J connectivity index is 2.59. The number of aromatic nitrogens is 1. The highest BCUT2D eigenvalue weighted by Crippen LogP contribution is 2.37. The van der Waals surface area contributed by atoms with Crippen molar-refractivity contribution < 1.29 is 9.50 Å². The van der Waals surface area contributed by atoms with Gasteiger partial charge in [0.05, 0.1) is 27.4 Å². The van der Waals surface area contributed by atoms with Gasteiger partial charge in [0.25, 0.3) is 0 Å². The molecule has 6 heteroatoms. The molecule has 0 aliphatic carbocycles. The van der Waals surface area contributed by atoms with Crippen molar-refractivity contribution in [3.8, 4) is 11.3 Å². The summed E-state index contributed by atoms with van der Waals surface area (Å²) in [5, 5.41) is 9.76. The Kier molecular flexibility index (Phi) is 4.07. The Morgan fingerprint density at radius 1 is 1.06 bits per heavy atom. The van der Waals surface area contributed by atoms with Crippen LogP contribution >= 0.6 is 34.8 Å². The van der Waals surface area contributed by atoms with Gasteiger partial charge in [0.15, 0.2) is 0 Å². The molecule has 0 atom stereocenters. The van der Waals surface area contributed by atoms with Crippen LogP contribution in [0.15, 0.2) is 24.3 Å². The molecule has 2 aromatic rings. The highest BCUT2D eigenvalue weighted by atomic mass is 35.5. The van der Waals surface area contributed by atoms with E-state index in [1.807, 2.05) is 0 Å². The van der Waals surface area contributed by atoms with Gasteiger partial charge in [-0.3, -0.25) is 0 Å². The van der Waals surface area contributed by atoms with E-state index in [1.165, 1.54) is 12.1 Å². The average molecular weight is 307 g/mol. The molecule has 0 unspecified atom stereocenters. The van der Waals surface area contributed by atoms with Crippen LogP contribution < -0.4 is 0 Å². The third-order valence-corrected chi connectivity index (χ3v) is 3.67. The van der Waals surface area contributed by atoms with Crippen molar-refractivity contribution in [2.24, 2.45) is 0 Å². The molecule has 1 heterocycles. The third kappa shape index (κ3) is 2.45. The molecule has 0 spiro atoms. The first kappa shape index (κ1) is 13.6. The first-order chi connectivity index (χ1) is 8.54. The second kappa shape index (κ2) is 5.41. The van der Waals surface area contributed by atoms with E-state index in [4.69, 9.17) is 39.9 Å². The van der Waals surface area contributed by atoms with Crippen molar-refractivity contribution >= 4 is 34.8 Å². The van der Waals surface area contributed by atoms with Gasteiger partial charge in [-0.2, -0.15) is 0 Å². The van der Waals surface area contributed by atoms with Crippen molar-refractivity contribution in [1.82, 2.24) is 4.98 Å². The van der Waals surface area contributed by atoms with Gasteiger partial charge in [0.2, 0.25) is 0 Å². The van der Waals surface area contributed by atoms with Crippen molar-refractivity contribution in [1.29, 1.82) is 0 Å². The Bertz CT molecular complexity index is 604. The molecule has 0 saturated heterocycles. The number of hydrogen-bond donors (Lipinski definition) is 1. The first-order valence-electron chi connectivity index (χ1n) is 4.94. The molecule has 1 aromatic carbocycles. The molecule has 1 aromatic heterocycles. The summed E-state index contributed by atoms with van der Waals surface area (Å²) >= 11 is 17.8.